The molecule has 3 aromatic rings. The van der Waals surface area contributed by atoms with E-state index in [0.29, 0.717) is 0 Å². The van der Waals surface area contributed by atoms with Gasteiger partial charge in [0, 0.05) is 5.41 Å². The maximum Gasteiger partial charge on any atom is 0.0158 e. The summed E-state index contributed by atoms with van der Waals surface area (Å²) >= 11 is 0. The molecule has 3 aromatic carbocycles. The van der Waals surface area contributed by atoms with Crippen molar-refractivity contribution in [3.63, 3.8) is 0 Å². The molecular formula is C25H24. The van der Waals surface area contributed by atoms with Crippen molar-refractivity contribution >= 4 is 5.57 Å². The van der Waals surface area contributed by atoms with Crippen LogP contribution in [0.3, 0.4) is 0 Å². The average Bonchev–Trinajstić information content (AvgIpc) is 2.83. The van der Waals surface area contributed by atoms with Crippen LogP contribution in [-0.4, -0.2) is 0 Å². The quantitative estimate of drug-likeness (QED) is 0.508. The molecule has 0 unspecified atom stereocenters. The highest BCUT2D eigenvalue weighted by Crippen LogP contribution is 2.48. The molecule has 0 atom stereocenters. The summed E-state index contributed by atoms with van der Waals surface area (Å²) in [5.41, 5.74) is 10.8. The SMILES string of the molecule is C=C(C)c1ccccc1Cc1ccc2c(c1)C(C)(C)c1ccccc1-2. The molecular weight excluding hydrogens is 300 g/mol. The van der Waals surface area contributed by atoms with Crippen molar-refractivity contribution < 1.29 is 0 Å². The van der Waals surface area contributed by atoms with Crippen LogP contribution in [0.15, 0.2) is 73.3 Å². The summed E-state index contributed by atoms with van der Waals surface area (Å²) in [5.74, 6) is 0. The first-order valence-electron chi connectivity index (χ1n) is 8.95. The van der Waals surface area contributed by atoms with Gasteiger partial charge in [-0.3, -0.25) is 0 Å². The van der Waals surface area contributed by atoms with Crippen LogP contribution in [0.2, 0.25) is 0 Å². The van der Waals surface area contributed by atoms with Gasteiger partial charge in [0.15, 0.2) is 0 Å². The number of hydrogen-bond acceptors (Lipinski definition) is 0. The van der Waals surface area contributed by atoms with E-state index in [2.05, 4.69) is 94.1 Å². The lowest BCUT2D eigenvalue weighted by Gasteiger charge is -2.22. The Balaban J connectivity index is 1.77. The van der Waals surface area contributed by atoms with E-state index in [-0.39, 0.29) is 5.41 Å². The molecule has 0 saturated carbocycles. The largest absolute Gasteiger partial charge is 0.0955 e. The van der Waals surface area contributed by atoms with Gasteiger partial charge in [-0.25, -0.2) is 0 Å². The Labute approximate surface area is 150 Å². The van der Waals surface area contributed by atoms with Crippen molar-refractivity contribution in [3.8, 4) is 11.1 Å². The number of rotatable bonds is 3. The molecule has 1 aliphatic rings. The lowest BCUT2D eigenvalue weighted by Crippen LogP contribution is -2.15. The van der Waals surface area contributed by atoms with Crippen molar-refractivity contribution in [1.82, 2.24) is 0 Å². The minimum absolute atomic E-state index is 0.0653. The van der Waals surface area contributed by atoms with E-state index in [4.69, 9.17) is 0 Å². The van der Waals surface area contributed by atoms with Crippen molar-refractivity contribution in [1.29, 1.82) is 0 Å². The highest BCUT2D eigenvalue weighted by molar-refractivity contribution is 5.81. The van der Waals surface area contributed by atoms with Gasteiger partial charge in [-0.1, -0.05) is 92.7 Å². The van der Waals surface area contributed by atoms with Gasteiger partial charge in [0.05, 0.1) is 0 Å². The smallest absolute Gasteiger partial charge is 0.0158 e. The summed E-state index contributed by atoms with van der Waals surface area (Å²) in [6.07, 6.45) is 0.947. The van der Waals surface area contributed by atoms with Gasteiger partial charge in [0.25, 0.3) is 0 Å². The average molecular weight is 324 g/mol. The van der Waals surface area contributed by atoms with Gasteiger partial charge < -0.3 is 0 Å². The predicted molar refractivity (Wildman–Crippen MR) is 108 cm³/mol. The van der Waals surface area contributed by atoms with Gasteiger partial charge in [-0.15, -0.1) is 0 Å². The fraction of sp³-hybridized carbons (Fsp3) is 0.200. The monoisotopic (exact) mass is 324 g/mol. The fourth-order valence-corrected chi connectivity index (χ4v) is 4.17. The predicted octanol–water partition coefficient (Wildman–Crippen LogP) is 6.62. The van der Waals surface area contributed by atoms with Crippen LogP contribution in [0.5, 0.6) is 0 Å². The minimum atomic E-state index is 0.0653. The molecule has 0 heterocycles. The Hall–Kier alpha value is -2.60. The topological polar surface area (TPSA) is 0 Å². The third kappa shape index (κ3) is 2.53. The van der Waals surface area contributed by atoms with E-state index >= 15 is 0 Å². The Morgan fingerprint density at radius 3 is 2.32 bits per heavy atom. The summed E-state index contributed by atoms with van der Waals surface area (Å²) in [6.45, 7) is 10.9. The normalized spacial score (nSPS) is 14.0. The Bertz CT molecular complexity index is 973. The van der Waals surface area contributed by atoms with Crippen molar-refractivity contribution in [3.05, 3.63) is 101 Å². The molecule has 0 nitrogen and oxygen atoms in total. The third-order valence-electron chi connectivity index (χ3n) is 5.52. The Morgan fingerprint density at radius 2 is 1.52 bits per heavy atom. The fourth-order valence-electron chi connectivity index (χ4n) is 4.17. The molecule has 4 rings (SSSR count). The molecule has 0 amide bonds. The van der Waals surface area contributed by atoms with E-state index < -0.39 is 0 Å². The Morgan fingerprint density at radius 1 is 0.840 bits per heavy atom. The second kappa shape index (κ2) is 5.74. The van der Waals surface area contributed by atoms with E-state index in [1.165, 1.54) is 38.9 Å². The zero-order valence-electron chi connectivity index (χ0n) is 15.3. The molecule has 0 radical (unpaired) electrons. The van der Waals surface area contributed by atoms with Crippen LogP contribution in [-0.2, 0) is 11.8 Å². The van der Waals surface area contributed by atoms with E-state index in [1.54, 1.807) is 0 Å². The van der Waals surface area contributed by atoms with Crippen LogP contribution in [0.4, 0.5) is 0 Å². The molecule has 0 N–H and O–H groups in total. The number of allylic oxidation sites excluding steroid dienone is 1. The van der Waals surface area contributed by atoms with E-state index in [0.717, 1.165) is 12.0 Å². The first-order chi connectivity index (χ1) is 12.0. The standard InChI is InChI=1S/C25H24/c1-17(2)20-10-6-5-9-19(20)15-18-13-14-22-21-11-7-8-12-23(21)25(3,4)24(22)16-18/h5-14,16H,1,15H2,2-4H3. The van der Waals surface area contributed by atoms with Crippen LogP contribution >= 0.6 is 0 Å². The van der Waals surface area contributed by atoms with Crippen molar-refractivity contribution in [2.24, 2.45) is 0 Å². The molecule has 0 aromatic heterocycles. The highest BCUT2D eigenvalue weighted by atomic mass is 14.4. The lowest BCUT2D eigenvalue weighted by molar-refractivity contribution is 0.659. The van der Waals surface area contributed by atoms with Crippen molar-refractivity contribution in [2.45, 2.75) is 32.6 Å². The highest BCUT2D eigenvalue weighted by Gasteiger charge is 2.35. The minimum Gasteiger partial charge on any atom is -0.0955 e. The first-order valence-corrected chi connectivity index (χ1v) is 8.95. The van der Waals surface area contributed by atoms with Crippen LogP contribution in [0.1, 0.15) is 48.6 Å². The second-order valence-corrected chi connectivity index (χ2v) is 7.66. The van der Waals surface area contributed by atoms with E-state index in [1.807, 2.05) is 0 Å². The Kier molecular flexibility index (Phi) is 3.65. The molecule has 0 spiro atoms. The van der Waals surface area contributed by atoms with Gasteiger partial charge in [0.2, 0.25) is 0 Å². The zero-order valence-corrected chi connectivity index (χ0v) is 15.3. The van der Waals surface area contributed by atoms with Gasteiger partial charge in [-0.05, 0) is 52.3 Å². The number of hydrogen-bond donors (Lipinski definition) is 0. The lowest BCUT2D eigenvalue weighted by atomic mass is 9.81. The summed E-state index contributed by atoms with van der Waals surface area (Å²) in [5, 5.41) is 0. The third-order valence-corrected chi connectivity index (χ3v) is 5.52. The molecule has 0 fully saturated rings. The van der Waals surface area contributed by atoms with Crippen LogP contribution < -0.4 is 0 Å². The van der Waals surface area contributed by atoms with Gasteiger partial charge in [0.1, 0.15) is 0 Å². The molecule has 0 saturated heterocycles. The van der Waals surface area contributed by atoms with Gasteiger partial charge >= 0.3 is 0 Å². The summed E-state index contributed by atoms with van der Waals surface area (Å²) in [7, 11) is 0. The van der Waals surface area contributed by atoms with E-state index in [9.17, 15) is 0 Å². The maximum absolute atomic E-state index is 4.14. The molecule has 1 aliphatic carbocycles. The summed E-state index contributed by atoms with van der Waals surface area (Å²) < 4.78 is 0. The molecule has 0 heteroatoms. The molecule has 124 valence electrons. The van der Waals surface area contributed by atoms with Gasteiger partial charge in [-0.2, -0.15) is 0 Å². The number of benzene rings is 3. The molecule has 0 aliphatic heterocycles. The second-order valence-electron chi connectivity index (χ2n) is 7.66. The van der Waals surface area contributed by atoms with Crippen LogP contribution in [0.25, 0.3) is 16.7 Å². The summed E-state index contributed by atoms with van der Waals surface area (Å²) in [6, 6.07) is 24.4. The number of fused-ring (bicyclic) bond motifs is 3. The first kappa shape index (κ1) is 15.9. The molecule has 0 bridgehead atoms. The maximum atomic E-state index is 4.14. The zero-order chi connectivity index (χ0) is 17.6. The van der Waals surface area contributed by atoms with Crippen LogP contribution in [0, 0.1) is 0 Å². The summed E-state index contributed by atoms with van der Waals surface area (Å²) in [4.78, 5) is 0. The van der Waals surface area contributed by atoms with Crippen molar-refractivity contribution in [2.75, 3.05) is 0 Å². The molecule has 25 heavy (non-hydrogen) atoms.